The first-order chi connectivity index (χ1) is 9.56. The smallest absolute Gasteiger partial charge is 0.264 e. The van der Waals surface area contributed by atoms with Crippen LogP contribution in [0.2, 0.25) is 0 Å². The molecule has 0 atom stereocenters. The van der Waals surface area contributed by atoms with Crippen LogP contribution in [0.5, 0.6) is 5.75 Å². The first-order valence-corrected chi connectivity index (χ1v) is 7.27. The lowest BCUT2D eigenvalue weighted by molar-refractivity contribution is 0.415. The molecular weight excluding hydrogens is 278 g/mol. The highest BCUT2D eigenvalue weighted by Gasteiger charge is 2.18. The van der Waals surface area contributed by atoms with E-state index in [1.54, 1.807) is 42.5 Å². The van der Waals surface area contributed by atoms with Gasteiger partial charge in [-0.25, -0.2) is 8.42 Å². The topological polar surface area (TPSA) is 93.4 Å². The van der Waals surface area contributed by atoms with Crippen LogP contribution in [-0.4, -0.2) is 15.5 Å². The van der Waals surface area contributed by atoms with Crippen LogP contribution in [0.15, 0.2) is 53.4 Å². The van der Waals surface area contributed by atoms with E-state index in [0.717, 1.165) is 0 Å². The number of sulfonamides is 1. The van der Waals surface area contributed by atoms with E-state index in [4.69, 9.17) is 10.6 Å². The minimum absolute atomic E-state index is 0.0744. The summed E-state index contributed by atoms with van der Waals surface area (Å²) in [6, 6.07) is 13.0. The molecule has 2 aromatic rings. The van der Waals surface area contributed by atoms with Crippen molar-refractivity contribution in [3.63, 3.8) is 0 Å². The molecule has 0 aliphatic carbocycles. The van der Waals surface area contributed by atoms with Crippen LogP contribution in [0.25, 0.3) is 0 Å². The normalized spacial score (nSPS) is 10.9. The number of ether oxygens (including phenoxy) is 1. The van der Waals surface area contributed by atoms with Crippen LogP contribution in [-0.2, 0) is 10.0 Å². The third-order valence-electron chi connectivity index (χ3n) is 2.65. The highest BCUT2D eigenvalue weighted by Crippen LogP contribution is 2.24. The molecule has 2 aromatic carbocycles. The predicted octanol–water partition coefficient (Wildman–Crippen LogP) is 1.78. The number of benzene rings is 2. The molecule has 0 saturated heterocycles. The number of anilines is 2. The van der Waals surface area contributed by atoms with Gasteiger partial charge in [-0.15, -0.1) is 0 Å². The van der Waals surface area contributed by atoms with Gasteiger partial charge in [0.1, 0.15) is 10.6 Å². The molecule has 7 heteroatoms. The van der Waals surface area contributed by atoms with Gasteiger partial charge in [0.25, 0.3) is 10.0 Å². The fourth-order valence-corrected chi connectivity index (χ4v) is 2.94. The largest absolute Gasteiger partial charge is 0.497 e. The van der Waals surface area contributed by atoms with E-state index in [1.165, 1.54) is 13.2 Å². The Kier molecular flexibility index (Phi) is 4.11. The summed E-state index contributed by atoms with van der Waals surface area (Å²) in [6.45, 7) is 0. The summed E-state index contributed by atoms with van der Waals surface area (Å²) in [5.74, 6) is 5.89. The SMILES string of the molecule is COc1cccc(NS(=O)(=O)c2ccccc2NN)c1. The van der Waals surface area contributed by atoms with Crippen molar-refractivity contribution in [1.82, 2.24) is 0 Å². The molecule has 0 unspecified atom stereocenters. The number of para-hydroxylation sites is 1. The molecule has 20 heavy (non-hydrogen) atoms. The average Bonchev–Trinajstić information content (AvgIpc) is 2.47. The second-order valence-corrected chi connectivity index (χ2v) is 5.63. The fourth-order valence-electron chi connectivity index (χ4n) is 1.72. The van der Waals surface area contributed by atoms with Crippen molar-refractivity contribution in [2.75, 3.05) is 17.3 Å². The van der Waals surface area contributed by atoms with Gasteiger partial charge >= 0.3 is 0 Å². The van der Waals surface area contributed by atoms with Gasteiger partial charge in [-0.3, -0.25) is 10.6 Å². The highest BCUT2D eigenvalue weighted by atomic mass is 32.2. The van der Waals surface area contributed by atoms with Crippen molar-refractivity contribution in [3.8, 4) is 5.75 Å². The number of hydrogen-bond donors (Lipinski definition) is 3. The zero-order valence-electron chi connectivity index (χ0n) is 10.8. The number of rotatable bonds is 5. The van der Waals surface area contributed by atoms with Gasteiger partial charge in [-0.1, -0.05) is 18.2 Å². The van der Waals surface area contributed by atoms with E-state index < -0.39 is 10.0 Å². The summed E-state index contributed by atoms with van der Waals surface area (Å²) in [4.78, 5) is 0.0744. The summed E-state index contributed by atoms with van der Waals surface area (Å²) in [6.07, 6.45) is 0. The van der Waals surface area contributed by atoms with Gasteiger partial charge in [-0.2, -0.15) is 0 Å². The van der Waals surface area contributed by atoms with E-state index in [-0.39, 0.29) is 4.90 Å². The second kappa shape index (κ2) is 5.81. The fraction of sp³-hybridized carbons (Fsp3) is 0.0769. The maximum atomic E-state index is 12.3. The third-order valence-corrected chi connectivity index (χ3v) is 4.09. The Bertz CT molecular complexity index is 702. The van der Waals surface area contributed by atoms with E-state index in [9.17, 15) is 8.42 Å². The quantitative estimate of drug-likeness (QED) is 0.577. The average molecular weight is 293 g/mol. The van der Waals surface area contributed by atoms with Crippen molar-refractivity contribution in [2.24, 2.45) is 5.84 Å². The first kappa shape index (κ1) is 14.2. The molecule has 0 heterocycles. The van der Waals surface area contributed by atoms with Crippen molar-refractivity contribution in [3.05, 3.63) is 48.5 Å². The third kappa shape index (κ3) is 3.01. The van der Waals surface area contributed by atoms with Gasteiger partial charge in [0, 0.05) is 6.07 Å². The summed E-state index contributed by atoms with van der Waals surface area (Å²) in [7, 11) is -2.21. The second-order valence-electron chi connectivity index (χ2n) is 3.98. The molecule has 0 aliphatic heterocycles. The van der Waals surface area contributed by atoms with Gasteiger partial charge in [0.2, 0.25) is 0 Å². The van der Waals surface area contributed by atoms with Crippen LogP contribution in [0.4, 0.5) is 11.4 Å². The Hall–Kier alpha value is -2.25. The zero-order chi connectivity index (χ0) is 14.6. The van der Waals surface area contributed by atoms with Crippen LogP contribution in [0.3, 0.4) is 0 Å². The molecule has 0 bridgehead atoms. The minimum Gasteiger partial charge on any atom is -0.497 e. The first-order valence-electron chi connectivity index (χ1n) is 5.79. The number of nitrogens with one attached hydrogen (secondary N) is 2. The highest BCUT2D eigenvalue weighted by molar-refractivity contribution is 7.92. The maximum absolute atomic E-state index is 12.3. The Balaban J connectivity index is 2.35. The summed E-state index contributed by atoms with van der Waals surface area (Å²) >= 11 is 0. The summed E-state index contributed by atoms with van der Waals surface area (Å²) < 4.78 is 32.2. The van der Waals surface area contributed by atoms with E-state index in [1.807, 2.05) is 0 Å². The minimum atomic E-state index is -3.73. The van der Waals surface area contributed by atoms with E-state index in [0.29, 0.717) is 17.1 Å². The standard InChI is InChI=1S/C13H15N3O3S/c1-19-11-6-4-5-10(9-11)16-20(17,18)13-8-3-2-7-12(13)15-14/h2-9,15-16H,14H2,1H3. The number of hydrazine groups is 1. The Morgan fingerprint density at radius 1 is 1.10 bits per heavy atom. The van der Waals surface area contributed by atoms with Crippen LogP contribution < -0.4 is 20.7 Å². The molecule has 2 rings (SSSR count). The molecule has 4 N–H and O–H groups in total. The molecule has 0 aliphatic rings. The molecule has 106 valence electrons. The predicted molar refractivity (Wildman–Crippen MR) is 78.1 cm³/mol. The Morgan fingerprint density at radius 2 is 1.85 bits per heavy atom. The van der Waals surface area contributed by atoms with Gasteiger partial charge in [0.05, 0.1) is 18.5 Å². The zero-order valence-corrected chi connectivity index (χ0v) is 11.6. The van der Waals surface area contributed by atoms with E-state index >= 15 is 0 Å². The molecule has 0 aromatic heterocycles. The summed E-state index contributed by atoms with van der Waals surface area (Å²) in [5.41, 5.74) is 3.10. The van der Waals surface area contributed by atoms with Crippen LogP contribution in [0.1, 0.15) is 0 Å². The lowest BCUT2D eigenvalue weighted by Gasteiger charge is -2.12. The number of nitrogens with two attached hydrogens (primary N) is 1. The number of nitrogen functional groups attached to an aromatic ring is 1. The van der Waals surface area contributed by atoms with Gasteiger partial charge < -0.3 is 10.2 Å². The number of methoxy groups -OCH3 is 1. The summed E-state index contributed by atoms with van der Waals surface area (Å²) in [5, 5.41) is 0. The molecule has 0 spiro atoms. The molecule has 0 fully saturated rings. The molecule has 0 amide bonds. The monoisotopic (exact) mass is 293 g/mol. The molecule has 6 nitrogen and oxygen atoms in total. The van der Waals surface area contributed by atoms with Crippen LogP contribution >= 0.6 is 0 Å². The van der Waals surface area contributed by atoms with Gasteiger partial charge in [0.15, 0.2) is 0 Å². The lowest BCUT2D eigenvalue weighted by atomic mass is 10.3. The van der Waals surface area contributed by atoms with Crippen molar-refractivity contribution < 1.29 is 13.2 Å². The maximum Gasteiger partial charge on any atom is 0.264 e. The van der Waals surface area contributed by atoms with Crippen molar-refractivity contribution in [1.29, 1.82) is 0 Å². The lowest BCUT2D eigenvalue weighted by Crippen LogP contribution is -2.17. The van der Waals surface area contributed by atoms with Gasteiger partial charge in [-0.05, 0) is 24.3 Å². The molecule has 0 saturated carbocycles. The Morgan fingerprint density at radius 3 is 2.55 bits per heavy atom. The van der Waals surface area contributed by atoms with Crippen molar-refractivity contribution >= 4 is 21.4 Å². The van der Waals surface area contributed by atoms with Crippen LogP contribution in [0, 0.1) is 0 Å². The number of hydrogen-bond acceptors (Lipinski definition) is 5. The van der Waals surface area contributed by atoms with Crippen molar-refractivity contribution in [2.45, 2.75) is 4.90 Å². The Labute approximate surface area is 117 Å². The van der Waals surface area contributed by atoms with E-state index in [2.05, 4.69) is 10.1 Å². The molecular formula is C13H15N3O3S. The molecule has 0 radical (unpaired) electrons.